The molecular formula is C20H21FN2O4S. The number of amides is 2. The van der Waals surface area contributed by atoms with Gasteiger partial charge >= 0.3 is 5.97 Å². The number of rotatable bonds is 4. The summed E-state index contributed by atoms with van der Waals surface area (Å²) < 4.78 is 18.4. The molecular weight excluding hydrogens is 383 g/mol. The van der Waals surface area contributed by atoms with Gasteiger partial charge in [-0.25, -0.2) is 9.18 Å². The van der Waals surface area contributed by atoms with Crippen molar-refractivity contribution in [3.05, 3.63) is 47.1 Å². The smallest absolute Gasteiger partial charge is 0.349 e. The Morgan fingerprint density at radius 2 is 1.61 bits per heavy atom. The van der Waals surface area contributed by atoms with Crippen LogP contribution in [0.25, 0.3) is 10.4 Å². The van der Waals surface area contributed by atoms with Crippen LogP contribution in [0, 0.1) is 5.82 Å². The fourth-order valence-electron chi connectivity index (χ4n) is 2.98. The Hall–Kier alpha value is -2.74. The van der Waals surface area contributed by atoms with Gasteiger partial charge < -0.3 is 14.5 Å². The second kappa shape index (κ2) is 8.52. The van der Waals surface area contributed by atoms with Gasteiger partial charge in [0.05, 0.1) is 0 Å². The van der Waals surface area contributed by atoms with Gasteiger partial charge in [0.25, 0.3) is 5.91 Å². The molecule has 1 aromatic carbocycles. The average Bonchev–Trinajstić information content (AvgIpc) is 3.18. The molecule has 2 amide bonds. The molecule has 28 heavy (non-hydrogen) atoms. The molecule has 1 atom stereocenters. The first-order valence-corrected chi connectivity index (χ1v) is 9.78. The van der Waals surface area contributed by atoms with Gasteiger partial charge in [-0.15, -0.1) is 11.3 Å². The van der Waals surface area contributed by atoms with Gasteiger partial charge in [0.1, 0.15) is 10.7 Å². The van der Waals surface area contributed by atoms with Gasteiger partial charge in [0.15, 0.2) is 6.10 Å². The maximum atomic E-state index is 13.0. The summed E-state index contributed by atoms with van der Waals surface area (Å²) in [4.78, 5) is 40.7. The maximum Gasteiger partial charge on any atom is 0.349 e. The van der Waals surface area contributed by atoms with Gasteiger partial charge in [-0.1, -0.05) is 12.1 Å². The molecule has 2 aromatic rings. The fraction of sp³-hybridized carbons (Fsp3) is 0.350. The molecule has 1 aliphatic heterocycles. The van der Waals surface area contributed by atoms with Crippen LogP contribution in [0.15, 0.2) is 36.4 Å². The van der Waals surface area contributed by atoms with Crippen LogP contribution in [-0.2, 0) is 14.3 Å². The summed E-state index contributed by atoms with van der Waals surface area (Å²) in [6.07, 6.45) is -0.909. The van der Waals surface area contributed by atoms with Crippen LogP contribution in [0.5, 0.6) is 0 Å². The lowest BCUT2D eigenvalue weighted by Crippen LogP contribution is -2.52. The molecule has 3 rings (SSSR count). The van der Waals surface area contributed by atoms with Gasteiger partial charge in [0.2, 0.25) is 5.91 Å². The van der Waals surface area contributed by atoms with Crippen molar-refractivity contribution in [2.75, 3.05) is 26.2 Å². The van der Waals surface area contributed by atoms with E-state index in [9.17, 15) is 18.8 Å². The van der Waals surface area contributed by atoms with E-state index in [4.69, 9.17) is 4.74 Å². The predicted octanol–water partition coefficient (Wildman–Crippen LogP) is 2.79. The molecule has 0 aliphatic carbocycles. The Balaban J connectivity index is 1.58. The second-order valence-corrected chi connectivity index (χ2v) is 7.63. The molecule has 0 saturated carbocycles. The summed E-state index contributed by atoms with van der Waals surface area (Å²) >= 11 is 1.23. The molecule has 0 bridgehead atoms. The van der Waals surface area contributed by atoms with Crippen molar-refractivity contribution < 1.29 is 23.5 Å². The molecule has 1 aromatic heterocycles. The van der Waals surface area contributed by atoms with E-state index in [1.165, 1.54) is 30.4 Å². The third-order valence-corrected chi connectivity index (χ3v) is 5.72. The minimum atomic E-state index is -0.909. The molecule has 8 heteroatoms. The number of hydrogen-bond acceptors (Lipinski definition) is 5. The number of halogens is 1. The van der Waals surface area contributed by atoms with E-state index >= 15 is 0 Å². The van der Waals surface area contributed by atoms with Crippen molar-refractivity contribution in [2.24, 2.45) is 0 Å². The number of hydrogen-bond donors (Lipinski definition) is 0. The lowest BCUT2D eigenvalue weighted by atomic mass is 10.2. The first-order chi connectivity index (χ1) is 13.3. The van der Waals surface area contributed by atoms with E-state index in [1.54, 1.807) is 41.0 Å². The summed E-state index contributed by atoms with van der Waals surface area (Å²) in [5.74, 6) is -1.17. The molecule has 1 unspecified atom stereocenters. The van der Waals surface area contributed by atoms with Gasteiger partial charge in [-0.3, -0.25) is 9.59 Å². The van der Waals surface area contributed by atoms with E-state index in [0.29, 0.717) is 31.1 Å². The van der Waals surface area contributed by atoms with Crippen LogP contribution in [0.4, 0.5) is 4.39 Å². The summed E-state index contributed by atoms with van der Waals surface area (Å²) in [6, 6.07) is 9.40. The lowest BCUT2D eigenvalue weighted by Gasteiger charge is -2.35. The van der Waals surface area contributed by atoms with Crippen molar-refractivity contribution in [2.45, 2.75) is 20.0 Å². The Kier molecular flexibility index (Phi) is 6.08. The van der Waals surface area contributed by atoms with Crippen molar-refractivity contribution >= 4 is 29.1 Å². The Morgan fingerprint density at radius 1 is 1.00 bits per heavy atom. The van der Waals surface area contributed by atoms with Gasteiger partial charge in [-0.2, -0.15) is 0 Å². The van der Waals surface area contributed by atoms with E-state index < -0.39 is 12.1 Å². The van der Waals surface area contributed by atoms with E-state index in [1.807, 2.05) is 0 Å². The summed E-state index contributed by atoms with van der Waals surface area (Å²) in [6.45, 7) is 4.86. The molecule has 1 aliphatic rings. The fourth-order valence-corrected chi connectivity index (χ4v) is 3.88. The number of carbonyl (C=O) groups excluding carboxylic acids is 3. The molecule has 0 N–H and O–H groups in total. The third kappa shape index (κ3) is 4.56. The first-order valence-electron chi connectivity index (χ1n) is 8.96. The van der Waals surface area contributed by atoms with Crippen molar-refractivity contribution in [3.8, 4) is 10.4 Å². The summed E-state index contributed by atoms with van der Waals surface area (Å²) in [7, 11) is 0. The maximum absolute atomic E-state index is 13.0. The van der Waals surface area contributed by atoms with Gasteiger partial charge in [-0.05, 0) is 36.8 Å². The highest BCUT2D eigenvalue weighted by atomic mass is 32.1. The minimum absolute atomic E-state index is 0.0128. The number of esters is 1. The topological polar surface area (TPSA) is 66.9 Å². The number of carbonyl (C=O) groups is 3. The SMILES string of the molecule is CC(=O)N1CCN(C(=O)C(C)OC(=O)c2ccc(-c3ccc(F)cc3)s2)CC1. The third-order valence-electron chi connectivity index (χ3n) is 4.60. The van der Waals surface area contributed by atoms with Crippen molar-refractivity contribution in [1.82, 2.24) is 9.80 Å². The van der Waals surface area contributed by atoms with Crippen LogP contribution in [0.2, 0.25) is 0 Å². The Bertz CT molecular complexity index is 873. The van der Waals surface area contributed by atoms with E-state index in [2.05, 4.69) is 0 Å². The van der Waals surface area contributed by atoms with Gasteiger partial charge in [0, 0.05) is 38.0 Å². The monoisotopic (exact) mass is 404 g/mol. The Labute approximate surface area is 166 Å². The highest BCUT2D eigenvalue weighted by molar-refractivity contribution is 7.17. The van der Waals surface area contributed by atoms with Crippen molar-refractivity contribution in [3.63, 3.8) is 0 Å². The van der Waals surface area contributed by atoms with Crippen LogP contribution in [0.1, 0.15) is 23.5 Å². The number of piperazine rings is 1. The first kappa shape index (κ1) is 20.0. The number of thiophene rings is 1. The number of benzene rings is 1. The molecule has 148 valence electrons. The highest BCUT2D eigenvalue weighted by Gasteiger charge is 2.28. The predicted molar refractivity (Wildman–Crippen MR) is 103 cm³/mol. The zero-order chi connectivity index (χ0) is 20.3. The van der Waals surface area contributed by atoms with Crippen LogP contribution in [-0.4, -0.2) is 59.9 Å². The normalized spacial score (nSPS) is 15.2. The molecule has 6 nitrogen and oxygen atoms in total. The largest absolute Gasteiger partial charge is 0.448 e. The zero-order valence-electron chi connectivity index (χ0n) is 15.7. The Morgan fingerprint density at radius 3 is 2.21 bits per heavy atom. The van der Waals surface area contributed by atoms with Crippen molar-refractivity contribution in [1.29, 1.82) is 0 Å². The van der Waals surface area contributed by atoms with Crippen LogP contribution >= 0.6 is 11.3 Å². The molecule has 0 radical (unpaired) electrons. The standard InChI is InChI=1S/C20H21FN2O4S/c1-13(19(25)23-11-9-22(10-12-23)14(2)24)27-20(26)18-8-7-17(28-18)15-3-5-16(21)6-4-15/h3-8,13H,9-12H2,1-2H3. The molecule has 2 heterocycles. The highest BCUT2D eigenvalue weighted by Crippen LogP contribution is 2.29. The van der Waals surface area contributed by atoms with Crippen LogP contribution in [0.3, 0.4) is 0 Å². The quantitative estimate of drug-likeness (QED) is 0.735. The summed E-state index contributed by atoms with van der Waals surface area (Å²) in [5.41, 5.74) is 0.804. The number of ether oxygens (including phenoxy) is 1. The van der Waals surface area contributed by atoms with E-state index in [0.717, 1.165) is 10.4 Å². The molecule has 0 spiro atoms. The van der Waals surface area contributed by atoms with E-state index in [-0.39, 0.29) is 17.6 Å². The number of nitrogens with zero attached hydrogens (tertiary/aromatic N) is 2. The average molecular weight is 404 g/mol. The molecule has 1 saturated heterocycles. The summed E-state index contributed by atoms with van der Waals surface area (Å²) in [5, 5.41) is 0. The molecule has 1 fully saturated rings. The lowest BCUT2D eigenvalue weighted by molar-refractivity contribution is -0.144. The van der Waals surface area contributed by atoms with Crippen LogP contribution < -0.4 is 0 Å². The second-order valence-electron chi connectivity index (χ2n) is 6.55. The minimum Gasteiger partial charge on any atom is -0.448 e. The zero-order valence-corrected chi connectivity index (χ0v) is 16.5.